The average Bonchev–Trinajstić information content (AvgIpc) is 3.13. The zero-order chi connectivity index (χ0) is 19.8. The smallest absolute Gasteiger partial charge is 0.231 e. The first-order valence-electron chi connectivity index (χ1n) is 9.33. The SMILES string of the molecule is CCCc1cc2c(=O)c(-c3ccc4c(c3)OCO4)coc2c(CN(C)C)c1O. The van der Waals surface area contributed by atoms with Gasteiger partial charge in [-0.25, -0.2) is 0 Å². The summed E-state index contributed by atoms with van der Waals surface area (Å²) < 4.78 is 16.7. The summed E-state index contributed by atoms with van der Waals surface area (Å²) in [5, 5.41) is 11.2. The number of ether oxygens (including phenoxy) is 2. The minimum atomic E-state index is -0.127. The topological polar surface area (TPSA) is 72.1 Å². The van der Waals surface area contributed by atoms with Gasteiger partial charge in [0.1, 0.15) is 17.6 Å². The lowest BCUT2D eigenvalue weighted by molar-refractivity contribution is 0.174. The Labute approximate surface area is 162 Å². The minimum Gasteiger partial charge on any atom is -0.507 e. The van der Waals surface area contributed by atoms with Gasteiger partial charge in [-0.15, -0.1) is 0 Å². The number of phenols is 1. The fraction of sp³-hybridized carbons (Fsp3) is 0.318. The van der Waals surface area contributed by atoms with Crippen LogP contribution in [0.25, 0.3) is 22.1 Å². The molecule has 1 aromatic heterocycles. The molecule has 0 saturated carbocycles. The standard InChI is InChI=1S/C22H23NO5/c1-4-5-14-8-15-21(25)17(13-6-7-18-19(9-13)28-12-27-18)11-26-22(15)16(20(14)24)10-23(2)3/h6-9,11,24H,4-5,10,12H2,1-3H3. The van der Waals surface area contributed by atoms with E-state index in [4.69, 9.17) is 13.9 Å². The van der Waals surface area contributed by atoms with Crippen LogP contribution in [-0.4, -0.2) is 30.9 Å². The number of phenolic OH excluding ortho intramolecular Hbond substituents is 1. The van der Waals surface area contributed by atoms with Crippen molar-refractivity contribution < 1.29 is 19.0 Å². The molecule has 4 rings (SSSR count). The Hall–Kier alpha value is -2.99. The zero-order valence-corrected chi connectivity index (χ0v) is 16.2. The predicted molar refractivity (Wildman–Crippen MR) is 107 cm³/mol. The molecule has 1 aliphatic heterocycles. The second kappa shape index (κ2) is 7.20. The van der Waals surface area contributed by atoms with Crippen molar-refractivity contribution in [3.63, 3.8) is 0 Å². The van der Waals surface area contributed by atoms with Gasteiger partial charge in [-0.2, -0.15) is 0 Å². The van der Waals surface area contributed by atoms with E-state index < -0.39 is 0 Å². The molecule has 0 bridgehead atoms. The molecule has 28 heavy (non-hydrogen) atoms. The molecule has 2 aromatic carbocycles. The van der Waals surface area contributed by atoms with E-state index in [9.17, 15) is 9.90 Å². The van der Waals surface area contributed by atoms with Crippen molar-refractivity contribution in [3.8, 4) is 28.4 Å². The molecule has 0 unspecified atom stereocenters. The molecule has 3 aromatic rings. The van der Waals surface area contributed by atoms with Gasteiger partial charge in [0, 0.05) is 6.54 Å². The van der Waals surface area contributed by atoms with Crippen LogP contribution in [0.15, 0.2) is 39.7 Å². The van der Waals surface area contributed by atoms with Crippen LogP contribution in [0.3, 0.4) is 0 Å². The van der Waals surface area contributed by atoms with Gasteiger partial charge in [-0.05, 0) is 49.8 Å². The Morgan fingerprint density at radius 2 is 1.93 bits per heavy atom. The van der Waals surface area contributed by atoms with E-state index >= 15 is 0 Å². The van der Waals surface area contributed by atoms with Crippen LogP contribution in [0.5, 0.6) is 17.2 Å². The van der Waals surface area contributed by atoms with Crippen LogP contribution in [0.1, 0.15) is 24.5 Å². The van der Waals surface area contributed by atoms with Gasteiger partial charge in [0.25, 0.3) is 0 Å². The highest BCUT2D eigenvalue weighted by molar-refractivity contribution is 5.87. The molecule has 0 radical (unpaired) electrons. The van der Waals surface area contributed by atoms with Crippen LogP contribution < -0.4 is 14.9 Å². The summed E-state index contributed by atoms with van der Waals surface area (Å²) in [6.07, 6.45) is 3.02. The Morgan fingerprint density at radius 3 is 2.68 bits per heavy atom. The normalized spacial score (nSPS) is 12.9. The number of hydrogen-bond donors (Lipinski definition) is 1. The van der Waals surface area contributed by atoms with Crippen LogP contribution in [-0.2, 0) is 13.0 Å². The van der Waals surface area contributed by atoms with Crippen LogP contribution in [0.2, 0.25) is 0 Å². The number of aromatic hydroxyl groups is 1. The third-order valence-electron chi connectivity index (χ3n) is 4.89. The number of fused-ring (bicyclic) bond motifs is 2. The number of nitrogens with zero attached hydrogens (tertiary/aromatic N) is 1. The van der Waals surface area contributed by atoms with Gasteiger partial charge >= 0.3 is 0 Å². The molecule has 6 nitrogen and oxygen atoms in total. The van der Waals surface area contributed by atoms with Gasteiger partial charge in [0.2, 0.25) is 12.2 Å². The lowest BCUT2D eigenvalue weighted by Gasteiger charge is -2.16. The number of rotatable bonds is 5. The molecular weight excluding hydrogens is 358 g/mol. The van der Waals surface area contributed by atoms with Gasteiger partial charge in [-0.3, -0.25) is 4.79 Å². The molecule has 0 saturated heterocycles. The van der Waals surface area contributed by atoms with Crippen LogP contribution in [0, 0.1) is 0 Å². The van der Waals surface area contributed by atoms with Gasteiger partial charge < -0.3 is 23.9 Å². The zero-order valence-electron chi connectivity index (χ0n) is 16.2. The maximum absolute atomic E-state index is 13.3. The summed E-state index contributed by atoms with van der Waals surface area (Å²) in [6.45, 7) is 2.70. The van der Waals surface area contributed by atoms with Crippen LogP contribution >= 0.6 is 0 Å². The molecule has 2 heterocycles. The molecule has 0 fully saturated rings. The maximum atomic E-state index is 13.3. The molecule has 0 spiro atoms. The molecule has 0 amide bonds. The highest BCUT2D eigenvalue weighted by atomic mass is 16.7. The third-order valence-corrected chi connectivity index (χ3v) is 4.89. The maximum Gasteiger partial charge on any atom is 0.231 e. The average molecular weight is 381 g/mol. The van der Waals surface area contributed by atoms with Gasteiger partial charge in [0.15, 0.2) is 11.5 Å². The summed E-state index contributed by atoms with van der Waals surface area (Å²) in [7, 11) is 3.83. The van der Waals surface area contributed by atoms with E-state index in [-0.39, 0.29) is 18.0 Å². The summed E-state index contributed by atoms with van der Waals surface area (Å²) in [5.74, 6) is 1.49. The van der Waals surface area contributed by atoms with Crippen molar-refractivity contribution in [2.45, 2.75) is 26.3 Å². The molecule has 1 N–H and O–H groups in total. The van der Waals surface area contributed by atoms with Crippen molar-refractivity contribution in [1.82, 2.24) is 4.90 Å². The van der Waals surface area contributed by atoms with E-state index in [1.54, 1.807) is 18.2 Å². The highest BCUT2D eigenvalue weighted by Crippen LogP contribution is 2.37. The Kier molecular flexibility index (Phi) is 4.73. The second-order valence-corrected chi connectivity index (χ2v) is 7.27. The number of hydrogen-bond acceptors (Lipinski definition) is 6. The summed E-state index contributed by atoms with van der Waals surface area (Å²) >= 11 is 0. The van der Waals surface area contributed by atoms with E-state index in [1.807, 2.05) is 32.0 Å². The Balaban J connectivity index is 1.93. The van der Waals surface area contributed by atoms with Crippen LogP contribution in [0.4, 0.5) is 0 Å². The first-order valence-corrected chi connectivity index (χ1v) is 9.33. The first-order chi connectivity index (χ1) is 13.5. The fourth-order valence-electron chi connectivity index (χ4n) is 3.58. The van der Waals surface area contributed by atoms with E-state index in [0.29, 0.717) is 52.1 Å². The molecule has 0 atom stereocenters. The van der Waals surface area contributed by atoms with E-state index in [1.165, 1.54) is 6.26 Å². The van der Waals surface area contributed by atoms with E-state index in [2.05, 4.69) is 0 Å². The monoisotopic (exact) mass is 381 g/mol. The number of benzene rings is 2. The van der Waals surface area contributed by atoms with Crippen molar-refractivity contribution in [2.24, 2.45) is 0 Å². The summed E-state index contributed by atoms with van der Waals surface area (Å²) in [5.41, 5.74) is 2.87. The van der Waals surface area contributed by atoms with E-state index in [0.717, 1.165) is 12.0 Å². The third kappa shape index (κ3) is 3.10. The predicted octanol–water partition coefficient (Wildman–Crippen LogP) is 3.91. The molecule has 146 valence electrons. The summed E-state index contributed by atoms with van der Waals surface area (Å²) in [4.78, 5) is 15.2. The minimum absolute atomic E-state index is 0.127. The lowest BCUT2D eigenvalue weighted by Crippen LogP contribution is -2.13. The number of aryl methyl sites for hydroxylation is 1. The molecular formula is C22H23NO5. The van der Waals surface area contributed by atoms with Crippen molar-refractivity contribution >= 4 is 11.0 Å². The molecule has 0 aliphatic carbocycles. The second-order valence-electron chi connectivity index (χ2n) is 7.27. The fourth-order valence-corrected chi connectivity index (χ4v) is 3.58. The Morgan fingerprint density at radius 1 is 1.14 bits per heavy atom. The quantitative estimate of drug-likeness (QED) is 0.722. The summed E-state index contributed by atoms with van der Waals surface area (Å²) in [6, 6.07) is 7.15. The van der Waals surface area contributed by atoms with Crippen molar-refractivity contribution in [1.29, 1.82) is 0 Å². The highest BCUT2D eigenvalue weighted by Gasteiger charge is 2.20. The van der Waals surface area contributed by atoms with Gasteiger partial charge in [0.05, 0.1) is 16.5 Å². The molecule has 6 heteroatoms. The van der Waals surface area contributed by atoms with Crippen molar-refractivity contribution in [2.75, 3.05) is 20.9 Å². The first kappa shape index (κ1) is 18.4. The Bertz CT molecular complexity index is 1100. The largest absolute Gasteiger partial charge is 0.507 e. The van der Waals surface area contributed by atoms with Crippen molar-refractivity contribution in [3.05, 3.63) is 51.9 Å². The van der Waals surface area contributed by atoms with Gasteiger partial charge in [-0.1, -0.05) is 19.4 Å². The lowest BCUT2D eigenvalue weighted by atomic mass is 9.98. The molecule has 1 aliphatic rings.